The molecule has 1 atom stereocenters. The maximum absolute atomic E-state index is 13.0. The first-order valence-corrected chi connectivity index (χ1v) is 9.96. The topological polar surface area (TPSA) is 69.7 Å². The predicted molar refractivity (Wildman–Crippen MR) is 93.6 cm³/mol. The molecule has 0 aliphatic carbocycles. The van der Waals surface area contributed by atoms with Gasteiger partial charge in [-0.2, -0.15) is 4.31 Å². The number of hydrogen-bond acceptors (Lipinski definition) is 4. The molecule has 7 heteroatoms. The van der Waals surface area contributed by atoms with Crippen LogP contribution in [0.5, 0.6) is 0 Å². The summed E-state index contributed by atoms with van der Waals surface area (Å²) in [6.07, 6.45) is 3.64. The number of carbonyl (C=O) groups is 1. The van der Waals surface area contributed by atoms with Crippen LogP contribution in [0.2, 0.25) is 0 Å². The normalized spacial score (nSPS) is 22.2. The predicted octanol–water partition coefficient (Wildman–Crippen LogP) is 1.36. The zero-order valence-corrected chi connectivity index (χ0v) is 15.1. The van der Waals surface area contributed by atoms with Crippen molar-refractivity contribution in [3.63, 3.8) is 0 Å². The molecule has 6 nitrogen and oxygen atoms in total. The summed E-state index contributed by atoms with van der Waals surface area (Å²) >= 11 is 0. The number of fused-ring (bicyclic) bond motifs is 1. The van der Waals surface area contributed by atoms with E-state index in [1.165, 1.54) is 6.92 Å². The Morgan fingerprint density at radius 2 is 2.04 bits per heavy atom. The first kappa shape index (κ1) is 17.4. The van der Waals surface area contributed by atoms with Gasteiger partial charge in [0, 0.05) is 38.3 Å². The van der Waals surface area contributed by atoms with Crippen molar-refractivity contribution in [2.75, 3.05) is 31.6 Å². The number of piperidine rings is 1. The van der Waals surface area contributed by atoms with Crippen LogP contribution in [0, 0.1) is 0 Å². The number of sulfonamides is 1. The fraction of sp³-hybridized carbons (Fsp3) is 0.588. The second-order valence-corrected chi connectivity index (χ2v) is 8.49. The zero-order chi connectivity index (χ0) is 17.3. The molecular weight excluding hydrogens is 326 g/mol. The van der Waals surface area contributed by atoms with Crippen LogP contribution in [0.3, 0.4) is 0 Å². The average Bonchev–Trinajstić information content (AvgIpc) is 2.60. The van der Waals surface area contributed by atoms with Gasteiger partial charge in [-0.05, 0) is 50.4 Å². The van der Waals surface area contributed by atoms with Crippen molar-refractivity contribution >= 4 is 21.6 Å². The summed E-state index contributed by atoms with van der Waals surface area (Å²) in [5.41, 5.74) is 1.79. The Morgan fingerprint density at radius 1 is 1.25 bits per heavy atom. The number of likely N-dealkylation sites (N-methyl/N-ethyl adjacent to an activating group) is 1. The molecule has 1 aromatic rings. The lowest BCUT2D eigenvalue weighted by atomic mass is 10.0. The number of rotatable bonds is 3. The van der Waals surface area contributed by atoms with Gasteiger partial charge >= 0.3 is 0 Å². The summed E-state index contributed by atoms with van der Waals surface area (Å²) in [5.74, 6) is -0.0429. The number of hydrogen-bond donors (Lipinski definition) is 1. The van der Waals surface area contributed by atoms with Crippen LogP contribution in [0.15, 0.2) is 23.1 Å². The van der Waals surface area contributed by atoms with Gasteiger partial charge < -0.3 is 10.2 Å². The number of anilines is 1. The molecule has 24 heavy (non-hydrogen) atoms. The molecule has 2 aliphatic heterocycles. The lowest BCUT2D eigenvalue weighted by Crippen LogP contribution is -2.46. The van der Waals surface area contributed by atoms with Crippen LogP contribution in [0.4, 0.5) is 5.69 Å². The molecule has 0 radical (unpaired) electrons. The van der Waals surface area contributed by atoms with Crippen LogP contribution in [0.1, 0.15) is 31.7 Å². The summed E-state index contributed by atoms with van der Waals surface area (Å²) in [7, 11) is -1.67. The molecule has 1 unspecified atom stereocenters. The molecule has 0 bridgehead atoms. The van der Waals surface area contributed by atoms with Crippen LogP contribution in [-0.2, 0) is 21.2 Å². The standard InChI is InChI=1S/C17H25N3O3S/c1-13(21)20-10-3-5-14-7-8-16(11-17(14)20)24(22,23)19-9-4-6-15(12-19)18-2/h7-8,11,15,18H,3-6,9-10,12H2,1-2H3. The summed E-state index contributed by atoms with van der Waals surface area (Å²) < 4.78 is 27.6. The number of nitrogens with zero attached hydrogens (tertiary/aromatic N) is 2. The van der Waals surface area contributed by atoms with Crippen LogP contribution < -0.4 is 10.2 Å². The minimum absolute atomic E-state index is 0.0429. The van der Waals surface area contributed by atoms with Gasteiger partial charge in [0.2, 0.25) is 15.9 Å². The maximum atomic E-state index is 13.0. The summed E-state index contributed by atoms with van der Waals surface area (Å²) in [5, 5.41) is 3.17. The molecule has 0 spiro atoms. The molecule has 0 saturated carbocycles. The molecule has 3 rings (SSSR count). The van der Waals surface area contributed by atoms with Crippen molar-refractivity contribution < 1.29 is 13.2 Å². The highest BCUT2D eigenvalue weighted by molar-refractivity contribution is 7.89. The molecule has 0 aromatic heterocycles. The fourth-order valence-corrected chi connectivity index (χ4v) is 5.13. The van der Waals surface area contributed by atoms with Gasteiger partial charge in [0.15, 0.2) is 0 Å². The SMILES string of the molecule is CNC1CCCN(S(=O)(=O)c2ccc3c(c2)N(C(C)=O)CCC3)C1. The third-order valence-electron chi connectivity index (χ3n) is 4.99. The minimum Gasteiger partial charge on any atom is -0.316 e. The summed E-state index contributed by atoms with van der Waals surface area (Å²) in [4.78, 5) is 13.8. The van der Waals surface area contributed by atoms with E-state index in [4.69, 9.17) is 0 Å². The lowest BCUT2D eigenvalue weighted by Gasteiger charge is -2.33. The van der Waals surface area contributed by atoms with Gasteiger partial charge in [-0.25, -0.2) is 8.42 Å². The van der Waals surface area contributed by atoms with Crippen LogP contribution >= 0.6 is 0 Å². The van der Waals surface area contributed by atoms with Gasteiger partial charge in [-0.15, -0.1) is 0 Å². The van der Waals surface area contributed by atoms with Crippen molar-refractivity contribution in [1.82, 2.24) is 9.62 Å². The van der Waals surface area contributed by atoms with Crippen LogP contribution in [0.25, 0.3) is 0 Å². The van der Waals surface area contributed by atoms with Crippen LogP contribution in [-0.4, -0.2) is 51.4 Å². The maximum Gasteiger partial charge on any atom is 0.243 e. The zero-order valence-electron chi connectivity index (χ0n) is 14.3. The van der Waals surface area contributed by atoms with Gasteiger partial charge in [-0.1, -0.05) is 6.07 Å². The molecule has 1 amide bonds. The van der Waals surface area contributed by atoms with E-state index in [1.807, 2.05) is 13.1 Å². The Kier molecular flexibility index (Phi) is 4.94. The van der Waals surface area contributed by atoms with E-state index in [1.54, 1.807) is 21.3 Å². The molecule has 2 aliphatic rings. The van der Waals surface area contributed by atoms with Crippen molar-refractivity contribution in [1.29, 1.82) is 0 Å². The molecular formula is C17H25N3O3S. The Labute approximate surface area is 143 Å². The highest BCUT2D eigenvalue weighted by atomic mass is 32.2. The second kappa shape index (κ2) is 6.82. The first-order chi connectivity index (χ1) is 11.4. The molecule has 2 heterocycles. The van der Waals surface area contributed by atoms with Crippen molar-refractivity contribution in [2.24, 2.45) is 0 Å². The number of aryl methyl sites for hydroxylation is 1. The van der Waals surface area contributed by atoms with E-state index in [-0.39, 0.29) is 16.8 Å². The van der Waals surface area contributed by atoms with E-state index in [9.17, 15) is 13.2 Å². The Bertz CT molecular complexity index is 733. The quantitative estimate of drug-likeness (QED) is 0.893. The van der Waals surface area contributed by atoms with Gasteiger partial charge in [0.25, 0.3) is 0 Å². The van der Waals surface area contributed by atoms with Crippen molar-refractivity contribution in [3.8, 4) is 0 Å². The third-order valence-corrected chi connectivity index (χ3v) is 6.85. The molecule has 1 fully saturated rings. The first-order valence-electron chi connectivity index (χ1n) is 8.52. The lowest BCUT2D eigenvalue weighted by molar-refractivity contribution is -0.116. The molecule has 1 saturated heterocycles. The smallest absolute Gasteiger partial charge is 0.243 e. The van der Waals surface area contributed by atoms with E-state index in [0.717, 1.165) is 36.9 Å². The van der Waals surface area contributed by atoms with Gasteiger partial charge in [0.05, 0.1) is 4.90 Å². The summed E-state index contributed by atoms with van der Waals surface area (Å²) in [6, 6.07) is 5.41. The number of benzene rings is 1. The second-order valence-electron chi connectivity index (χ2n) is 6.56. The van der Waals surface area contributed by atoms with Gasteiger partial charge in [0.1, 0.15) is 0 Å². The van der Waals surface area contributed by atoms with E-state index >= 15 is 0 Å². The molecule has 1 aromatic carbocycles. The third kappa shape index (κ3) is 3.20. The van der Waals surface area contributed by atoms with E-state index < -0.39 is 10.0 Å². The summed E-state index contributed by atoms with van der Waals surface area (Å²) in [6.45, 7) is 3.22. The van der Waals surface area contributed by atoms with E-state index in [2.05, 4.69) is 5.32 Å². The number of carbonyl (C=O) groups excluding carboxylic acids is 1. The highest BCUT2D eigenvalue weighted by Gasteiger charge is 2.31. The fourth-order valence-electron chi connectivity index (χ4n) is 3.59. The van der Waals surface area contributed by atoms with Gasteiger partial charge in [-0.3, -0.25) is 4.79 Å². The Balaban J connectivity index is 1.94. The largest absolute Gasteiger partial charge is 0.316 e. The Hall–Kier alpha value is -1.44. The highest BCUT2D eigenvalue weighted by Crippen LogP contribution is 2.31. The van der Waals surface area contributed by atoms with Crippen molar-refractivity contribution in [2.45, 2.75) is 43.5 Å². The molecule has 1 N–H and O–H groups in total. The monoisotopic (exact) mass is 351 g/mol. The minimum atomic E-state index is -3.53. The molecule has 132 valence electrons. The van der Waals surface area contributed by atoms with E-state index in [0.29, 0.717) is 19.6 Å². The Morgan fingerprint density at radius 3 is 2.75 bits per heavy atom. The number of nitrogens with one attached hydrogen (secondary N) is 1. The van der Waals surface area contributed by atoms with Crippen molar-refractivity contribution in [3.05, 3.63) is 23.8 Å². The average molecular weight is 351 g/mol. The number of amides is 1.